The van der Waals surface area contributed by atoms with Crippen LogP contribution in [0.4, 0.5) is 17.1 Å². The van der Waals surface area contributed by atoms with Crippen LogP contribution in [0.1, 0.15) is 0 Å². The van der Waals surface area contributed by atoms with Crippen LogP contribution < -0.4 is 5.73 Å². The first kappa shape index (κ1) is 12.5. The van der Waals surface area contributed by atoms with E-state index in [4.69, 9.17) is 5.73 Å². The summed E-state index contributed by atoms with van der Waals surface area (Å²) in [4.78, 5) is 20.1. The third kappa shape index (κ3) is 2.49. The number of nitro benzene ring substituents is 2. The Bertz CT molecular complexity index is 653. The van der Waals surface area contributed by atoms with Crippen molar-refractivity contribution in [3.8, 4) is 11.1 Å². The maximum atomic E-state index is 10.6. The van der Waals surface area contributed by atoms with Crippen LogP contribution in [0.2, 0.25) is 0 Å². The minimum atomic E-state index is -0.532. The summed E-state index contributed by atoms with van der Waals surface area (Å²) in [5, 5.41) is 21.1. The van der Waals surface area contributed by atoms with E-state index in [0.29, 0.717) is 11.1 Å². The van der Waals surface area contributed by atoms with Gasteiger partial charge in [-0.15, -0.1) is 0 Å². The fraction of sp³-hybridized carbons (Fsp3) is 0. The third-order valence-corrected chi connectivity index (χ3v) is 2.64. The third-order valence-electron chi connectivity index (χ3n) is 2.64. The Labute approximate surface area is 107 Å². The Hall–Kier alpha value is -2.96. The smallest absolute Gasteiger partial charge is 0.271 e. The molecule has 0 bridgehead atoms. The molecule has 0 aliphatic rings. The topological polar surface area (TPSA) is 112 Å². The number of hydrogen-bond acceptors (Lipinski definition) is 5. The van der Waals surface area contributed by atoms with Gasteiger partial charge in [0.1, 0.15) is 0 Å². The SMILES string of the molecule is Nc1cc([N+](=O)[O-])ccc1-c1ccc([N+](=O)[O-])cc1. The van der Waals surface area contributed by atoms with Crippen molar-refractivity contribution >= 4 is 17.1 Å². The number of hydrogen-bond donors (Lipinski definition) is 1. The van der Waals surface area contributed by atoms with Gasteiger partial charge in [-0.1, -0.05) is 0 Å². The number of non-ortho nitro benzene ring substituents is 2. The quantitative estimate of drug-likeness (QED) is 0.517. The summed E-state index contributed by atoms with van der Waals surface area (Å²) in [7, 11) is 0. The van der Waals surface area contributed by atoms with Crippen LogP contribution in [0.15, 0.2) is 42.5 Å². The van der Waals surface area contributed by atoms with E-state index in [1.54, 1.807) is 12.1 Å². The second-order valence-corrected chi connectivity index (χ2v) is 3.83. The Kier molecular flexibility index (Phi) is 3.11. The first-order valence-electron chi connectivity index (χ1n) is 5.28. The Morgan fingerprint density at radius 1 is 0.842 bits per heavy atom. The molecule has 19 heavy (non-hydrogen) atoms. The molecule has 96 valence electrons. The zero-order chi connectivity index (χ0) is 14.0. The monoisotopic (exact) mass is 259 g/mol. The highest BCUT2D eigenvalue weighted by Crippen LogP contribution is 2.30. The molecule has 0 heterocycles. The molecule has 2 rings (SSSR count). The minimum absolute atomic E-state index is 0.0239. The van der Waals surface area contributed by atoms with E-state index >= 15 is 0 Å². The second kappa shape index (κ2) is 4.73. The molecule has 0 saturated carbocycles. The Morgan fingerprint density at radius 2 is 1.37 bits per heavy atom. The van der Waals surface area contributed by atoms with Gasteiger partial charge in [0, 0.05) is 35.5 Å². The molecule has 0 aliphatic heterocycles. The van der Waals surface area contributed by atoms with Crippen LogP contribution in [0, 0.1) is 20.2 Å². The molecule has 0 amide bonds. The van der Waals surface area contributed by atoms with Gasteiger partial charge in [0.15, 0.2) is 0 Å². The van der Waals surface area contributed by atoms with Crippen molar-refractivity contribution in [2.45, 2.75) is 0 Å². The molecule has 0 saturated heterocycles. The van der Waals surface area contributed by atoms with Crippen molar-refractivity contribution in [3.63, 3.8) is 0 Å². The lowest BCUT2D eigenvalue weighted by Gasteiger charge is -2.05. The average Bonchev–Trinajstić information content (AvgIpc) is 2.38. The zero-order valence-corrected chi connectivity index (χ0v) is 9.65. The van der Waals surface area contributed by atoms with Crippen LogP contribution in [0.5, 0.6) is 0 Å². The van der Waals surface area contributed by atoms with E-state index in [0.717, 1.165) is 0 Å². The molecule has 2 N–H and O–H groups in total. The van der Waals surface area contributed by atoms with Gasteiger partial charge in [-0.3, -0.25) is 20.2 Å². The van der Waals surface area contributed by atoms with Crippen molar-refractivity contribution in [1.29, 1.82) is 0 Å². The predicted octanol–water partition coefficient (Wildman–Crippen LogP) is 2.75. The first-order valence-corrected chi connectivity index (χ1v) is 5.28. The number of rotatable bonds is 3. The lowest BCUT2D eigenvalue weighted by Crippen LogP contribution is -1.94. The summed E-state index contributed by atoms with van der Waals surface area (Å²) in [6, 6.07) is 9.94. The Balaban J connectivity index is 2.41. The molecule has 0 unspecified atom stereocenters. The van der Waals surface area contributed by atoms with Gasteiger partial charge >= 0.3 is 0 Å². The minimum Gasteiger partial charge on any atom is -0.398 e. The van der Waals surface area contributed by atoms with Gasteiger partial charge in [0.25, 0.3) is 11.4 Å². The van der Waals surface area contributed by atoms with Crippen molar-refractivity contribution in [3.05, 3.63) is 62.7 Å². The summed E-state index contributed by atoms with van der Waals surface area (Å²) in [6.07, 6.45) is 0. The summed E-state index contributed by atoms with van der Waals surface area (Å²) < 4.78 is 0. The maximum Gasteiger partial charge on any atom is 0.271 e. The van der Waals surface area contributed by atoms with Crippen LogP contribution in [0.25, 0.3) is 11.1 Å². The molecule has 0 aliphatic carbocycles. The molecule has 0 aromatic heterocycles. The molecule has 0 atom stereocenters. The lowest BCUT2D eigenvalue weighted by atomic mass is 10.0. The summed E-state index contributed by atoms with van der Waals surface area (Å²) in [5.41, 5.74) is 7.15. The van der Waals surface area contributed by atoms with Crippen molar-refractivity contribution in [1.82, 2.24) is 0 Å². The summed E-state index contributed by atoms with van der Waals surface area (Å²) in [5.74, 6) is 0. The van der Waals surface area contributed by atoms with Crippen LogP contribution in [0.3, 0.4) is 0 Å². The van der Waals surface area contributed by atoms with Crippen molar-refractivity contribution in [2.75, 3.05) is 5.73 Å². The van der Waals surface area contributed by atoms with E-state index in [1.165, 1.54) is 30.3 Å². The van der Waals surface area contributed by atoms with Crippen LogP contribution in [-0.2, 0) is 0 Å². The van der Waals surface area contributed by atoms with E-state index in [-0.39, 0.29) is 17.1 Å². The molecule has 2 aromatic rings. The highest BCUT2D eigenvalue weighted by Gasteiger charge is 2.11. The van der Waals surface area contributed by atoms with Crippen LogP contribution >= 0.6 is 0 Å². The lowest BCUT2D eigenvalue weighted by molar-refractivity contribution is -0.385. The van der Waals surface area contributed by atoms with Crippen LogP contribution in [-0.4, -0.2) is 9.85 Å². The fourth-order valence-electron chi connectivity index (χ4n) is 1.69. The Morgan fingerprint density at radius 3 is 1.84 bits per heavy atom. The zero-order valence-electron chi connectivity index (χ0n) is 9.65. The highest BCUT2D eigenvalue weighted by molar-refractivity contribution is 5.78. The van der Waals surface area contributed by atoms with Gasteiger partial charge in [-0.05, 0) is 23.8 Å². The number of nitrogens with two attached hydrogens (primary N) is 1. The molecule has 0 spiro atoms. The van der Waals surface area contributed by atoms with Gasteiger partial charge in [0.2, 0.25) is 0 Å². The first-order chi connectivity index (χ1) is 8.99. The van der Waals surface area contributed by atoms with Crippen molar-refractivity contribution < 1.29 is 9.85 Å². The molecule has 7 heteroatoms. The van der Waals surface area contributed by atoms with E-state index in [2.05, 4.69) is 0 Å². The summed E-state index contributed by atoms with van der Waals surface area (Å²) >= 11 is 0. The van der Waals surface area contributed by atoms with Gasteiger partial charge < -0.3 is 5.73 Å². The number of anilines is 1. The normalized spacial score (nSPS) is 10.1. The fourth-order valence-corrected chi connectivity index (χ4v) is 1.69. The molecular formula is C12H9N3O4. The molecule has 7 nitrogen and oxygen atoms in total. The van der Waals surface area contributed by atoms with E-state index in [1.807, 2.05) is 0 Å². The largest absolute Gasteiger partial charge is 0.398 e. The molecule has 0 radical (unpaired) electrons. The maximum absolute atomic E-state index is 10.6. The molecular weight excluding hydrogens is 250 g/mol. The average molecular weight is 259 g/mol. The summed E-state index contributed by atoms with van der Waals surface area (Å²) in [6.45, 7) is 0. The number of nitro groups is 2. The number of nitrogens with zero attached hydrogens (tertiary/aromatic N) is 2. The molecule has 0 fully saturated rings. The van der Waals surface area contributed by atoms with E-state index < -0.39 is 9.85 Å². The van der Waals surface area contributed by atoms with Gasteiger partial charge in [-0.25, -0.2) is 0 Å². The molecule has 2 aromatic carbocycles. The standard InChI is InChI=1S/C12H9N3O4/c13-12-7-10(15(18)19)5-6-11(12)8-1-3-9(4-2-8)14(16)17/h1-7H,13H2. The van der Waals surface area contributed by atoms with Gasteiger partial charge in [-0.2, -0.15) is 0 Å². The number of benzene rings is 2. The van der Waals surface area contributed by atoms with Gasteiger partial charge in [0.05, 0.1) is 9.85 Å². The predicted molar refractivity (Wildman–Crippen MR) is 69.6 cm³/mol. The van der Waals surface area contributed by atoms with Crippen molar-refractivity contribution in [2.24, 2.45) is 0 Å². The number of nitrogen functional groups attached to an aromatic ring is 1. The second-order valence-electron chi connectivity index (χ2n) is 3.83. The van der Waals surface area contributed by atoms with E-state index in [9.17, 15) is 20.2 Å². The highest BCUT2D eigenvalue weighted by atomic mass is 16.6.